The summed E-state index contributed by atoms with van der Waals surface area (Å²) in [5, 5.41) is 31.2. The van der Waals surface area contributed by atoms with Gasteiger partial charge in [-0.25, -0.2) is 0 Å². The Labute approximate surface area is 136 Å². The Balaban J connectivity index is 2.73. The Morgan fingerprint density at radius 1 is 0.833 bits per heavy atom. The van der Waals surface area contributed by atoms with Gasteiger partial charge in [0.05, 0.1) is 31.0 Å². The van der Waals surface area contributed by atoms with Gasteiger partial charge in [-0.15, -0.1) is 0 Å². The molecule has 1 aromatic carbocycles. The third kappa shape index (κ3) is 7.22. The first kappa shape index (κ1) is 18.9. The van der Waals surface area contributed by atoms with Crippen LogP contribution in [-0.2, 0) is 19.2 Å². The molecule has 0 atom stereocenters. The fourth-order valence-electron chi connectivity index (χ4n) is 1.86. The number of aliphatic carboxylic acids is 3. The zero-order valence-corrected chi connectivity index (χ0v) is 12.6. The van der Waals surface area contributed by atoms with E-state index in [0.717, 1.165) is 4.90 Å². The summed E-state index contributed by atoms with van der Waals surface area (Å²) < 4.78 is 0. The summed E-state index contributed by atoms with van der Waals surface area (Å²) in [6.45, 7) is -1.99. The lowest BCUT2D eigenvalue weighted by Gasteiger charge is -2.18. The molecule has 1 rings (SSSR count). The van der Waals surface area contributed by atoms with Crippen LogP contribution in [-0.4, -0.2) is 70.2 Å². The van der Waals surface area contributed by atoms with Gasteiger partial charge in [0.1, 0.15) is 6.54 Å². The van der Waals surface area contributed by atoms with Gasteiger partial charge in [0.25, 0.3) is 0 Å². The van der Waals surface area contributed by atoms with E-state index in [4.69, 9.17) is 15.3 Å². The Morgan fingerprint density at radius 2 is 1.38 bits per heavy atom. The lowest BCUT2D eigenvalue weighted by atomic mass is 10.2. The predicted octanol–water partition coefficient (Wildman–Crippen LogP) is -0.407. The van der Waals surface area contributed by atoms with Crippen LogP contribution in [0.4, 0.5) is 11.4 Å². The van der Waals surface area contributed by atoms with Crippen LogP contribution in [0.2, 0.25) is 0 Å². The van der Waals surface area contributed by atoms with Crippen molar-refractivity contribution in [2.75, 3.05) is 36.8 Å². The summed E-state index contributed by atoms with van der Waals surface area (Å²) in [5.41, 5.74) is 0.672. The van der Waals surface area contributed by atoms with Gasteiger partial charge in [-0.3, -0.25) is 24.1 Å². The van der Waals surface area contributed by atoms with Gasteiger partial charge in [-0.05, 0) is 12.1 Å². The number of hydrogen-bond acceptors (Lipinski definition) is 6. The van der Waals surface area contributed by atoms with Crippen molar-refractivity contribution in [2.24, 2.45) is 0 Å². The topological polar surface area (TPSA) is 156 Å². The number of anilines is 2. The quantitative estimate of drug-likeness (QED) is 0.382. The van der Waals surface area contributed by atoms with Crippen molar-refractivity contribution in [1.29, 1.82) is 0 Å². The minimum atomic E-state index is -1.26. The summed E-state index contributed by atoms with van der Waals surface area (Å²) >= 11 is 0. The van der Waals surface area contributed by atoms with Crippen molar-refractivity contribution in [3.63, 3.8) is 0 Å². The summed E-state index contributed by atoms with van der Waals surface area (Å²) in [6, 6.07) is 6.35. The molecular weight excluding hydrogens is 322 g/mol. The normalized spacial score (nSPS) is 10.2. The molecule has 0 heterocycles. The third-order valence-corrected chi connectivity index (χ3v) is 2.72. The van der Waals surface area contributed by atoms with Crippen LogP contribution in [0, 0.1) is 0 Å². The Kier molecular flexibility index (Phi) is 7.17. The van der Waals surface area contributed by atoms with E-state index in [2.05, 4.69) is 10.6 Å². The van der Waals surface area contributed by atoms with E-state index in [0.29, 0.717) is 11.4 Å². The Hall–Kier alpha value is -3.14. The number of carboxylic acids is 3. The van der Waals surface area contributed by atoms with Crippen LogP contribution >= 0.6 is 0 Å². The molecule has 0 fully saturated rings. The molecule has 0 saturated carbocycles. The fourth-order valence-corrected chi connectivity index (χ4v) is 1.86. The van der Waals surface area contributed by atoms with E-state index in [1.165, 1.54) is 6.07 Å². The summed E-state index contributed by atoms with van der Waals surface area (Å²) in [4.78, 5) is 44.9. The van der Waals surface area contributed by atoms with E-state index >= 15 is 0 Å². The van der Waals surface area contributed by atoms with Gasteiger partial charge >= 0.3 is 17.9 Å². The molecule has 5 N–H and O–H groups in total. The minimum absolute atomic E-state index is 0.300. The molecule has 0 bridgehead atoms. The Morgan fingerprint density at radius 3 is 1.88 bits per heavy atom. The highest BCUT2D eigenvalue weighted by atomic mass is 16.4. The zero-order valence-electron chi connectivity index (χ0n) is 12.6. The first-order chi connectivity index (χ1) is 11.3. The summed E-state index contributed by atoms with van der Waals surface area (Å²) in [6.07, 6.45) is 0. The fraction of sp³-hybridized carbons (Fsp3) is 0.286. The minimum Gasteiger partial charge on any atom is -0.480 e. The second-order valence-electron chi connectivity index (χ2n) is 4.77. The summed E-state index contributed by atoms with van der Waals surface area (Å²) in [7, 11) is 0. The highest BCUT2D eigenvalue weighted by molar-refractivity contribution is 5.96. The number of amides is 1. The molecule has 10 nitrogen and oxygen atoms in total. The molecule has 0 aliphatic carbocycles. The number of para-hydroxylation sites is 2. The van der Waals surface area contributed by atoms with Gasteiger partial charge in [-0.2, -0.15) is 0 Å². The molecule has 1 amide bonds. The second-order valence-corrected chi connectivity index (χ2v) is 4.77. The number of hydrogen-bond donors (Lipinski definition) is 5. The molecule has 10 heteroatoms. The number of nitrogens with one attached hydrogen (secondary N) is 2. The van der Waals surface area contributed by atoms with Crippen LogP contribution in [0.5, 0.6) is 0 Å². The van der Waals surface area contributed by atoms with E-state index in [9.17, 15) is 19.2 Å². The molecule has 1 aromatic rings. The van der Waals surface area contributed by atoms with E-state index in [1.807, 2.05) is 0 Å². The van der Waals surface area contributed by atoms with Gasteiger partial charge < -0.3 is 26.0 Å². The maximum Gasteiger partial charge on any atom is 0.322 e. The van der Waals surface area contributed by atoms with Crippen LogP contribution in [0.15, 0.2) is 24.3 Å². The largest absolute Gasteiger partial charge is 0.480 e. The van der Waals surface area contributed by atoms with Gasteiger partial charge in [0, 0.05) is 0 Å². The zero-order chi connectivity index (χ0) is 18.1. The van der Waals surface area contributed by atoms with Crippen molar-refractivity contribution in [3.8, 4) is 0 Å². The van der Waals surface area contributed by atoms with Gasteiger partial charge in [0.2, 0.25) is 5.91 Å². The van der Waals surface area contributed by atoms with Crippen molar-refractivity contribution >= 4 is 35.2 Å². The van der Waals surface area contributed by atoms with Crippen LogP contribution < -0.4 is 10.6 Å². The molecule has 0 aliphatic rings. The number of carbonyl (C=O) groups is 4. The third-order valence-electron chi connectivity index (χ3n) is 2.72. The molecule has 24 heavy (non-hydrogen) atoms. The maximum absolute atomic E-state index is 12.0. The van der Waals surface area contributed by atoms with Crippen molar-refractivity contribution in [1.82, 2.24) is 4.90 Å². The average molecular weight is 339 g/mol. The number of rotatable bonds is 10. The van der Waals surface area contributed by atoms with E-state index in [-0.39, 0.29) is 6.54 Å². The SMILES string of the molecule is O=C(O)CNc1ccccc1NC(=O)CN(CC(=O)O)CC(=O)O. The first-order valence-electron chi connectivity index (χ1n) is 6.78. The first-order valence-corrected chi connectivity index (χ1v) is 6.78. The average Bonchev–Trinajstić information content (AvgIpc) is 2.44. The van der Waals surface area contributed by atoms with Crippen molar-refractivity contribution in [3.05, 3.63) is 24.3 Å². The second kappa shape index (κ2) is 9.10. The number of carbonyl (C=O) groups excluding carboxylic acids is 1. The number of nitrogens with zero attached hydrogens (tertiary/aromatic N) is 1. The van der Waals surface area contributed by atoms with Crippen molar-refractivity contribution < 1.29 is 34.5 Å². The highest BCUT2D eigenvalue weighted by Gasteiger charge is 2.17. The molecule has 0 aliphatic heterocycles. The van der Waals surface area contributed by atoms with Crippen molar-refractivity contribution in [2.45, 2.75) is 0 Å². The summed E-state index contributed by atoms with van der Waals surface area (Å²) in [5.74, 6) is -4.22. The molecule has 0 radical (unpaired) electrons. The number of benzene rings is 1. The standard InChI is InChI=1S/C14H17N3O7/c18-11(6-17(7-13(21)22)8-14(23)24)16-10-4-2-1-3-9(10)15-5-12(19)20/h1-4,15H,5-8H2,(H,16,18)(H,19,20)(H,21,22)(H,23,24). The van der Waals surface area contributed by atoms with Gasteiger partial charge in [-0.1, -0.05) is 12.1 Å². The molecule has 0 saturated heterocycles. The monoisotopic (exact) mass is 339 g/mol. The Bertz CT molecular complexity index is 617. The highest BCUT2D eigenvalue weighted by Crippen LogP contribution is 2.20. The lowest BCUT2D eigenvalue weighted by Crippen LogP contribution is -2.40. The molecular formula is C14H17N3O7. The lowest BCUT2D eigenvalue weighted by molar-refractivity contribution is -0.142. The maximum atomic E-state index is 12.0. The van der Waals surface area contributed by atoms with E-state index < -0.39 is 43.4 Å². The van der Waals surface area contributed by atoms with Crippen LogP contribution in [0.25, 0.3) is 0 Å². The van der Waals surface area contributed by atoms with Crippen LogP contribution in [0.3, 0.4) is 0 Å². The van der Waals surface area contributed by atoms with Gasteiger partial charge in [0.15, 0.2) is 0 Å². The smallest absolute Gasteiger partial charge is 0.322 e. The molecule has 130 valence electrons. The predicted molar refractivity (Wildman–Crippen MR) is 82.9 cm³/mol. The van der Waals surface area contributed by atoms with Crippen LogP contribution in [0.1, 0.15) is 0 Å². The molecule has 0 unspecified atom stereocenters. The molecule has 0 spiro atoms. The number of carboxylic acid groups (broad SMARTS) is 3. The molecule has 0 aromatic heterocycles. The van der Waals surface area contributed by atoms with E-state index in [1.54, 1.807) is 18.2 Å².